The maximum absolute atomic E-state index is 12.5. The summed E-state index contributed by atoms with van der Waals surface area (Å²) in [5.74, 6) is 0. The fourth-order valence-electron chi connectivity index (χ4n) is 1.69. The van der Waals surface area contributed by atoms with Crippen LogP contribution in [-0.2, 0) is 10.9 Å². The van der Waals surface area contributed by atoms with Gasteiger partial charge in [0.05, 0.1) is 5.56 Å². The summed E-state index contributed by atoms with van der Waals surface area (Å²) in [6.07, 6.45) is -4.94. The molecule has 6 nitrogen and oxygen atoms in total. The molecule has 0 spiro atoms. The summed E-state index contributed by atoms with van der Waals surface area (Å²) in [4.78, 5) is 24.7. The van der Waals surface area contributed by atoms with Gasteiger partial charge in [-0.3, -0.25) is 0 Å². The number of carbonyl (C=O) groups excluding carboxylic acids is 2. The first-order chi connectivity index (χ1) is 11.4. The van der Waals surface area contributed by atoms with Crippen molar-refractivity contribution in [3.05, 3.63) is 29.8 Å². The van der Waals surface area contributed by atoms with Crippen molar-refractivity contribution in [2.75, 3.05) is 25.5 Å². The number of urea groups is 1. The Kier molecular flexibility index (Phi) is 6.66. The van der Waals surface area contributed by atoms with E-state index in [1.165, 1.54) is 11.9 Å². The molecule has 140 valence electrons. The highest BCUT2D eigenvalue weighted by molar-refractivity contribution is 5.89. The number of amides is 3. The third kappa shape index (κ3) is 7.77. The fourth-order valence-corrected chi connectivity index (χ4v) is 1.69. The normalized spacial score (nSPS) is 11.6. The molecule has 0 heterocycles. The van der Waals surface area contributed by atoms with E-state index in [1.807, 2.05) is 0 Å². The molecule has 9 heteroatoms. The molecule has 3 amide bonds. The number of hydrogen-bond donors (Lipinski definition) is 2. The second kappa shape index (κ2) is 8.09. The lowest BCUT2D eigenvalue weighted by Gasteiger charge is -2.24. The van der Waals surface area contributed by atoms with Gasteiger partial charge < -0.3 is 20.3 Å². The summed E-state index contributed by atoms with van der Waals surface area (Å²) in [6, 6.07) is 3.50. The van der Waals surface area contributed by atoms with Crippen LogP contribution in [0.2, 0.25) is 0 Å². The van der Waals surface area contributed by atoms with Crippen molar-refractivity contribution in [1.82, 2.24) is 10.2 Å². The Bertz CT molecular complexity index is 595. The number of likely N-dealkylation sites (N-methyl/N-ethyl adjacent to an activating group) is 1. The quantitative estimate of drug-likeness (QED) is 0.859. The average molecular weight is 361 g/mol. The van der Waals surface area contributed by atoms with E-state index in [0.29, 0.717) is 0 Å². The van der Waals surface area contributed by atoms with Crippen LogP contribution in [-0.4, -0.2) is 42.8 Å². The number of alkyl halides is 3. The second-order valence-corrected chi connectivity index (χ2v) is 6.36. The molecular weight excluding hydrogens is 339 g/mol. The van der Waals surface area contributed by atoms with Crippen molar-refractivity contribution in [1.29, 1.82) is 0 Å². The minimum Gasteiger partial charge on any atom is -0.444 e. The van der Waals surface area contributed by atoms with E-state index in [9.17, 15) is 22.8 Å². The van der Waals surface area contributed by atoms with Crippen molar-refractivity contribution in [3.63, 3.8) is 0 Å². The Morgan fingerprint density at radius 1 is 1.12 bits per heavy atom. The molecule has 0 atom stereocenters. The highest BCUT2D eigenvalue weighted by atomic mass is 19.4. The Balaban J connectivity index is 2.39. The predicted molar refractivity (Wildman–Crippen MR) is 87.3 cm³/mol. The molecule has 1 aromatic rings. The van der Waals surface area contributed by atoms with E-state index < -0.39 is 29.5 Å². The van der Waals surface area contributed by atoms with Gasteiger partial charge in [0.1, 0.15) is 5.60 Å². The van der Waals surface area contributed by atoms with Gasteiger partial charge in [-0.1, -0.05) is 0 Å². The number of nitrogens with one attached hydrogen (secondary N) is 2. The minimum absolute atomic E-state index is 0.155. The highest BCUT2D eigenvalue weighted by Crippen LogP contribution is 2.29. The summed E-state index contributed by atoms with van der Waals surface area (Å²) in [5, 5.41) is 4.91. The van der Waals surface area contributed by atoms with E-state index >= 15 is 0 Å². The van der Waals surface area contributed by atoms with Crippen LogP contribution in [0.3, 0.4) is 0 Å². The van der Waals surface area contributed by atoms with Gasteiger partial charge in [0.15, 0.2) is 0 Å². The number of carbonyl (C=O) groups is 2. The summed E-state index contributed by atoms with van der Waals surface area (Å²) >= 11 is 0. The monoisotopic (exact) mass is 361 g/mol. The minimum atomic E-state index is -4.42. The Morgan fingerprint density at radius 3 is 2.16 bits per heavy atom. The average Bonchev–Trinajstić information content (AvgIpc) is 2.44. The molecule has 0 fully saturated rings. The molecule has 1 aromatic carbocycles. The largest absolute Gasteiger partial charge is 0.444 e. The van der Waals surface area contributed by atoms with Crippen LogP contribution in [0.5, 0.6) is 0 Å². The number of anilines is 1. The molecule has 25 heavy (non-hydrogen) atoms. The van der Waals surface area contributed by atoms with Crippen LogP contribution in [0.25, 0.3) is 0 Å². The first kappa shape index (κ1) is 20.6. The number of halogens is 3. The maximum atomic E-state index is 12.5. The zero-order valence-corrected chi connectivity index (χ0v) is 14.5. The first-order valence-electron chi connectivity index (χ1n) is 7.55. The standard InChI is InChI=1S/C16H22F3N3O3/c1-15(2,3)25-14(24)22(4)10-9-20-13(23)21-12-7-5-11(6-8-12)16(17,18)19/h5-8H,9-10H2,1-4H3,(H2,20,21,23). The van der Waals surface area contributed by atoms with Gasteiger partial charge in [-0.25, -0.2) is 9.59 Å². The molecule has 0 aliphatic carbocycles. The Labute approximate surface area is 144 Å². The van der Waals surface area contributed by atoms with Crippen LogP contribution in [0, 0.1) is 0 Å². The molecule has 0 aliphatic rings. The van der Waals surface area contributed by atoms with Crippen LogP contribution < -0.4 is 10.6 Å². The number of rotatable bonds is 4. The zero-order chi connectivity index (χ0) is 19.3. The van der Waals surface area contributed by atoms with Crippen molar-refractivity contribution in [3.8, 4) is 0 Å². The van der Waals surface area contributed by atoms with Gasteiger partial charge in [-0.15, -0.1) is 0 Å². The summed E-state index contributed by atoms with van der Waals surface area (Å²) in [7, 11) is 1.53. The van der Waals surface area contributed by atoms with Crippen LogP contribution in [0.15, 0.2) is 24.3 Å². The van der Waals surface area contributed by atoms with Crippen molar-refractivity contribution < 1.29 is 27.5 Å². The molecule has 2 N–H and O–H groups in total. The first-order valence-corrected chi connectivity index (χ1v) is 7.55. The smallest absolute Gasteiger partial charge is 0.416 e. The lowest BCUT2D eigenvalue weighted by Crippen LogP contribution is -2.40. The van der Waals surface area contributed by atoms with Gasteiger partial charge >= 0.3 is 18.3 Å². The molecule has 0 unspecified atom stereocenters. The van der Waals surface area contributed by atoms with Crippen LogP contribution in [0.4, 0.5) is 28.4 Å². The number of hydrogen-bond acceptors (Lipinski definition) is 3. The molecular formula is C16H22F3N3O3. The summed E-state index contributed by atoms with van der Waals surface area (Å²) in [5.41, 5.74) is -1.18. The fraction of sp³-hybridized carbons (Fsp3) is 0.500. The van der Waals surface area contributed by atoms with Crippen molar-refractivity contribution >= 4 is 17.8 Å². The third-order valence-electron chi connectivity index (χ3n) is 2.91. The predicted octanol–water partition coefficient (Wildman–Crippen LogP) is 3.69. The van der Waals surface area contributed by atoms with E-state index in [2.05, 4.69) is 10.6 Å². The summed E-state index contributed by atoms with van der Waals surface area (Å²) in [6.45, 7) is 5.61. The molecule has 0 aromatic heterocycles. The topological polar surface area (TPSA) is 70.7 Å². The van der Waals surface area contributed by atoms with E-state index in [0.717, 1.165) is 24.3 Å². The Hall–Kier alpha value is -2.45. The second-order valence-electron chi connectivity index (χ2n) is 6.36. The highest BCUT2D eigenvalue weighted by Gasteiger charge is 2.30. The van der Waals surface area contributed by atoms with Gasteiger partial charge in [0.2, 0.25) is 0 Å². The maximum Gasteiger partial charge on any atom is 0.416 e. The van der Waals surface area contributed by atoms with E-state index in [-0.39, 0.29) is 18.8 Å². The molecule has 1 rings (SSSR count). The number of nitrogens with zero attached hydrogens (tertiary/aromatic N) is 1. The summed E-state index contributed by atoms with van der Waals surface area (Å²) < 4.78 is 42.5. The molecule has 0 saturated heterocycles. The van der Waals surface area contributed by atoms with Crippen LogP contribution in [0.1, 0.15) is 26.3 Å². The molecule has 0 aliphatic heterocycles. The van der Waals surface area contributed by atoms with Gasteiger partial charge in [-0.2, -0.15) is 13.2 Å². The molecule has 0 saturated carbocycles. The van der Waals surface area contributed by atoms with E-state index in [4.69, 9.17) is 4.74 Å². The zero-order valence-electron chi connectivity index (χ0n) is 14.5. The lowest BCUT2D eigenvalue weighted by molar-refractivity contribution is -0.137. The molecule has 0 radical (unpaired) electrons. The van der Waals surface area contributed by atoms with Gasteiger partial charge in [0, 0.05) is 25.8 Å². The number of benzene rings is 1. The number of ether oxygens (including phenoxy) is 1. The van der Waals surface area contributed by atoms with Crippen molar-refractivity contribution in [2.45, 2.75) is 32.5 Å². The van der Waals surface area contributed by atoms with Crippen molar-refractivity contribution in [2.24, 2.45) is 0 Å². The Morgan fingerprint density at radius 2 is 1.68 bits per heavy atom. The van der Waals surface area contributed by atoms with Crippen LogP contribution >= 0.6 is 0 Å². The van der Waals surface area contributed by atoms with Gasteiger partial charge in [0.25, 0.3) is 0 Å². The SMILES string of the molecule is CN(CCNC(=O)Nc1ccc(C(F)(F)F)cc1)C(=O)OC(C)(C)C. The van der Waals surface area contributed by atoms with Gasteiger partial charge in [-0.05, 0) is 45.0 Å². The van der Waals surface area contributed by atoms with E-state index in [1.54, 1.807) is 20.8 Å². The molecule has 0 bridgehead atoms. The third-order valence-corrected chi connectivity index (χ3v) is 2.91. The lowest BCUT2D eigenvalue weighted by atomic mass is 10.2.